The number of nitrogens with two attached hydrogens (primary N) is 1. The first-order chi connectivity index (χ1) is 12.5. The summed E-state index contributed by atoms with van der Waals surface area (Å²) in [5, 5.41) is 0. The van der Waals surface area contributed by atoms with Gasteiger partial charge in [0.1, 0.15) is 4.88 Å². The number of nitrogens with zero attached hydrogens (tertiary/aromatic N) is 4. The van der Waals surface area contributed by atoms with Crippen LogP contribution < -0.4 is 10.5 Å². The van der Waals surface area contributed by atoms with E-state index in [1.807, 2.05) is 10.6 Å². The number of unbranched alkanes of at least 4 members (excludes halogenated alkanes) is 1. The first-order valence-corrected chi connectivity index (χ1v) is 9.63. The number of methoxy groups -OCH3 is 1. The topological polar surface area (TPSA) is 105 Å². The second-order valence-electron chi connectivity index (χ2n) is 5.49. The van der Waals surface area contributed by atoms with Crippen LogP contribution >= 0.6 is 27.3 Å². The lowest BCUT2D eigenvalue weighted by molar-refractivity contribution is 0.0606. The molecular weight excluding hydrogens is 422 g/mol. The Morgan fingerprint density at radius 2 is 2.15 bits per heavy atom. The summed E-state index contributed by atoms with van der Waals surface area (Å²) in [4.78, 5) is 26.1. The predicted octanol–water partition coefficient (Wildman–Crippen LogP) is 3.25. The smallest absolute Gasteiger partial charge is 0.348 e. The molecule has 0 radical (unpaired) electrons. The van der Waals surface area contributed by atoms with Crippen molar-refractivity contribution in [1.29, 1.82) is 0 Å². The highest BCUT2D eigenvalue weighted by Gasteiger charge is 2.17. The molecule has 3 aromatic heterocycles. The number of halogens is 1. The van der Waals surface area contributed by atoms with Crippen LogP contribution in [0.15, 0.2) is 16.9 Å². The van der Waals surface area contributed by atoms with Crippen LogP contribution in [0, 0.1) is 0 Å². The zero-order chi connectivity index (χ0) is 18.7. The second-order valence-corrected chi connectivity index (χ2v) is 7.37. The van der Waals surface area contributed by atoms with E-state index < -0.39 is 0 Å². The fourth-order valence-electron chi connectivity index (χ4n) is 2.32. The summed E-state index contributed by atoms with van der Waals surface area (Å²) in [6.07, 6.45) is 1.93. The Kier molecular flexibility index (Phi) is 5.72. The molecule has 0 fully saturated rings. The fraction of sp³-hybridized carbons (Fsp3) is 0.375. The van der Waals surface area contributed by atoms with Crippen molar-refractivity contribution in [3.05, 3.63) is 26.6 Å². The van der Waals surface area contributed by atoms with E-state index in [9.17, 15) is 4.79 Å². The van der Waals surface area contributed by atoms with Crippen molar-refractivity contribution >= 4 is 50.2 Å². The van der Waals surface area contributed by atoms with Gasteiger partial charge >= 0.3 is 12.0 Å². The summed E-state index contributed by atoms with van der Waals surface area (Å²) in [7, 11) is 1.36. The number of hydrogen-bond acceptors (Lipinski definition) is 8. The molecule has 0 saturated heterocycles. The molecule has 0 unspecified atom stereocenters. The maximum absolute atomic E-state index is 11.6. The lowest BCUT2D eigenvalue weighted by atomic mass is 10.4. The van der Waals surface area contributed by atoms with Gasteiger partial charge in [-0.05, 0) is 34.5 Å². The molecule has 0 spiro atoms. The van der Waals surface area contributed by atoms with Gasteiger partial charge in [-0.3, -0.25) is 4.57 Å². The Morgan fingerprint density at radius 1 is 1.35 bits per heavy atom. The van der Waals surface area contributed by atoms with Crippen LogP contribution in [0.2, 0.25) is 0 Å². The molecule has 0 amide bonds. The number of carbonyl (C=O) groups excluding carboxylic acids is 1. The van der Waals surface area contributed by atoms with Gasteiger partial charge in [0.15, 0.2) is 21.7 Å². The highest BCUT2D eigenvalue weighted by atomic mass is 79.9. The number of hydrogen-bond donors (Lipinski definition) is 1. The van der Waals surface area contributed by atoms with E-state index >= 15 is 0 Å². The van der Waals surface area contributed by atoms with E-state index in [4.69, 9.17) is 15.2 Å². The van der Waals surface area contributed by atoms with Crippen LogP contribution in [0.3, 0.4) is 0 Å². The summed E-state index contributed by atoms with van der Waals surface area (Å²) in [6, 6.07) is 3.85. The monoisotopic (exact) mass is 439 g/mol. The van der Waals surface area contributed by atoms with Crippen LogP contribution in [0.25, 0.3) is 11.2 Å². The summed E-state index contributed by atoms with van der Waals surface area (Å²) in [5.41, 5.74) is 7.09. The van der Waals surface area contributed by atoms with Crippen molar-refractivity contribution in [3.63, 3.8) is 0 Å². The van der Waals surface area contributed by atoms with Crippen LogP contribution in [0.1, 0.15) is 34.3 Å². The molecule has 26 heavy (non-hydrogen) atoms. The minimum absolute atomic E-state index is 0.235. The standard InChI is InChI=1S/C16H18BrN5O3S/c1-3-4-7-25-16-20-12(18)11-13(21-16)22(15(17)19-11)8-9-5-6-10(26-9)14(23)24-2/h5-6H,3-4,7-8H2,1-2H3,(H2,18,20,21). The number of nitrogen functional groups attached to an aromatic ring is 1. The first kappa shape index (κ1) is 18.6. The normalized spacial score (nSPS) is 11.0. The van der Waals surface area contributed by atoms with Gasteiger partial charge in [0.25, 0.3) is 0 Å². The number of esters is 1. The zero-order valence-corrected chi connectivity index (χ0v) is 16.8. The van der Waals surface area contributed by atoms with Crippen molar-refractivity contribution in [1.82, 2.24) is 19.5 Å². The molecule has 0 saturated carbocycles. The number of ether oxygens (including phenoxy) is 2. The number of thiophene rings is 1. The molecule has 0 aromatic carbocycles. The Balaban J connectivity index is 1.93. The van der Waals surface area contributed by atoms with E-state index in [2.05, 4.69) is 37.8 Å². The molecule has 0 bridgehead atoms. The quantitative estimate of drug-likeness (QED) is 0.342. The number of rotatable bonds is 7. The highest BCUT2D eigenvalue weighted by molar-refractivity contribution is 9.10. The van der Waals surface area contributed by atoms with Crippen LogP contribution in [-0.2, 0) is 11.3 Å². The zero-order valence-electron chi connectivity index (χ0n) is 14.4. The predicted molar refractivity (Wildman–Crippen MR) is 103 cm³/mol. The van der Waals surface area contributed by atoms with E-state index in [0.717, 1.165) is 17.7 Å². The minimum Gasteiger partial charge on any atom is -0.465 e. The molecule has 2 N–H and O–H groups in total. The molecule has 0 aliphatic heterocycles. The Bertz CT molecular complexity index is 940. The molecule has 3 heterocycles. The average molecular weight is 440 g/mol. The lowest BCUT2D eigenvalue weighted by Crippen LogP contribution is -2.06. The SMILES string of the molecule is CCCCOc1nc(N)c2nc(Br)n(Cc3ccc(C(=O)OC)s3)c2n1. The molecule has 0 atom stereocenters. The Hall–Kier alpha value is -2.20. The van der Waals surface area contributed by atoms with Gasteiger partial charge in [0.2, 0.25) is 0 Å². The molecule has 3 rings (SSSR count). The van der Waals surface area contributed by atoms with Gasteiger partial charge in [-0.15, -0.1) is 11.3 Å². The van der Waals surface area contributed by atoms with Crippen molar-refractivity contribution < 1.29 is 14.3 Å². The van der Waals surface area contributed by atoms with Crippen LogP contribution in [0.4, 0.5) is 5.82 Å². The number of fused-ring (bicyclic) bond motifs is 1. The van der Waals surface area contributed by atoms with Gasteiger partial charge in [-0.2, -0.15) is 9.97 Å². The molecule has 10 heteroatoms. The van der Waals surface area contributed by atoms with Gasteiger partial charge in [-0.25, -0.2) is 9.78 Å². The third-order valence-electron chi connectivity index (χ3n) is 3.65. The van der Waals surface area contributed by atoms with E-state index in [-0.39, 0.29) is 17.8 Å². The van der Waals surface area contributed by atoms with Gasteiger partial charge < -0.3 is 15.2 Å². The average Bonchev–Trinajstić information content (AvgIpc) is 3.21. The van der Waals surface area contributed by atoms with Crippen LogP contribution in [-0.4, -0.2) is 39.2 Å². The molecule has 0 aliphatic rings. The third kappa shape index (κ3) is 3.80. The molecular formula is C16H18BrN5O3S. The maximum Gasteiger partial charge on any atom is 0.348 e. The minimum atomic E-state index is -0.353. The molecule has 0 aliphatic carbocycles. The second kappa shape index (κ2) is 8.00. The number of aromatic nitrogens is 4. The summed E-state index contributed by atoms with van der Waals surface area (Å²) >= 11 is 4.80. The highest BCUT2D eigenvalue weighted by Crippen LogP contribution is 2.27. The molecule has 138 valence electrons. The van der Waals surface area contributed by atoms with Crippen molar-refractivity contribution in [2.75, 3.05) is 19.5 Å². The van der Waals surface area contributed by atoms with E-state index in [0.29, 0.717) is 33.9 Å². The van der Waals surface area contributed by atoms with Crippen molar-refractivity contribution in [2.45, 2.75) is 26.3 Å². The molecule has 8 nitrogen and oxygen atoms in total. The van der Waals surface area contributed by atoms with Gasteiger partial charge in [0.05, 0.1) is 20.3 Å². The maximum atomic E-state index is 11.6. The fourth-order valence-corrected chi connectivity index (χ4v) is 3.70. The number of carbonyl (C=O) groups is 1. The van der Waals surface area contributed by atoms with Gasteiger partial charge in [0, 0.05) is 4.88 Å². The largest absolute Gasteiger partial charge is 0.465 e. The summed E-state index contributed by atoms with van der Waals surface area (Å²) in [5.74, 6) is -0.0867. The number of imidazole rings is 1. The first-order valence-electron chi connectivity index (χ1n) is 8.02. The van der Waals surface area contributed by atoms with E-state index in [1.165, 1.54) is 18.4 Å². The Morgan fingerprint density at radius 3 is 2.88 bits per heavy atom. The lowest BCUT2D eigenvalue weighted by Gasteiger charge is -2.07. The third-order valence-corrected chi connectivity index (χ3v) is 5.30. The van der Waals surface area contributed by atoms with Crippen molar-refractivity contribution in [3.8, 4) is 6.01 Å². The molecule has 3 aromatic rings. The summed E-state index contributed by atoms with van der Waals surface area (Å²) in [6.45, 7) is 3.09. The van der Waals surface area contributed by atoms with E-state index in [1.54, 1.807) is 6.07 Å². The Labute approximate surface area is 162 Å². The summed E-state index contributed by atoms with van der Waals surface area (Å²) < 4.78 is 12.8. The van der Waals surface area contributed by atoms with Gasteiger partial charge in [-0.1, -0.05) is 13.3 Å². The number of anilines is 1. The van der Waals surface area contributed by atoms with Crippen molar-refractivity contribution in [2.24, 2.45) is 0 Å². The van der Waals surface area contributed by atoms with Crippen LogP contribution in [0.5, 0.6) is 6.01 Å².